The summed E-state index contributed by atoms with van der Waals surface area (Å²) in [5.74, 6) is 0.197. The highest BCUT2D eigenvalue weighted by molar-refractivity contribution is 9.10. The van der Waals surface area contributed by atoms with Crippen molar-refractivity contribution in [2.24, 2.45) is 0 Å². The van der Waals surface area contributed by atoms with E-state index in [1.807, 2.05) is 61.5 Å². The largest absolute Gasteiger partial charge is 0.457 e. The topological polar surface area (TPSA) is 67.0 Å². The van der Waals surface area contributed by atoms with Crippen molar-refractivity contribution in [2.75, 3.05) is 5.32 Å². The summed E-state index contributed by atoms with van der Waals surface area (Å²) in [6.07, 6.45) is 1.75. The maximum absolute atomic E-state index is 13.0. The highest BCUT2D eigenvalue weighted by Crippen LogP contribution is 2.43. The van der Waals surface area contributed by atoms with Crippen LogP contribution in [0.1, 0.15) is 29.5 Å². The molecule has 3 aromatic rings. The van der Waals surface area contributed by atoms with Crippen LogP contribution in [0.4, 0.5) is 5.82 Å². The lowest BCUT2D eigenvalue weighted by atomic mass is 9.83. The Balaban J connectivity index is 1.70. The fourth-order valence-corrected chi connectivity index (χ4v) is 3.86. The van der Waals surface area contributed by atoms with Crippen molar-refractivity contribution >= 4 is 27.7 Å². The molecule has 27 heavy (non-hydrogen) atoms. The van der Waals surface area contributed by atoms with Crippen LogP contribution < -0.4 is 5.32 Å². The summed E-state index contributed by atoms with van der Waals surface area (Å²) >= 11 is 3.62. The molecule has 1 aliphatic rings. The third kappa shape index (κ3) is 3.40. The Labute approximate surface area is 165 Å². The van der Waals surface area contributed by atoms with Gasteiger partial charge in [0.05, 0.1) is 11.8 Å². The van der Waals surface area contributed by atoms with Gasteiger partial charge in [-0.05, 0) is 24.1 Å². The molecule has 2 aromatic carbocycles. The second-order valence-electron chi connectivity index (χ2n) is 6.38. The molecule has 4 rings (SSSR count). The van der Waals surface area contributed by atoms with E-state index < -0.39 is 0 Å². The first-order valence-corrected chi connectivity index (χ1v) is 9.41. The predicted molar refractivity (Wildman–Crippen MR) is 107 cm³/mol. The molecule has 1 aromatic heterocycles. The summed E-state index contributed by atoms with van der Waals surface area (Å²) in [4.78, 5) is 13.0. The van der Waals surface area contributed by atoms with E-state index in [9.17, 15) is 4.79 Å². The van der Waals surface area contributed by atoms with Gasteiger partial charge in [0, 0.05) is 21.7 Å². The number of hydrogen-bond acceptors (Lipinski definition) is 4. The summed E-state index contributed by atoms with van der Waals surface area (Å²) in [6, 6.07) is 17.6. The lowest BCUT2D eigenvalue weighted by Crippen LogP contribution is -2.24. The van der Waals surface area contributed by atoms with Gasteiger partial charge < -0.3 is 10.1 Å². The first-order valence-electron chi connectivity index (χ1n) is 8.61. The summed E-state index contributed by atoms with van der Waals surface area (Å²) in [5, 5.41) is 10.3. The molecule has 0 amide bonds. The van der Waals surface area contributed by atoms with Crippen LogP contribution in [0.5, 0.6) is 0 Å². The third-order valence-corrected chi connectivity index (χ3v) is 5.36. The number of allylic oxidation sites excluding steroid dienone is 1. The van der Waals surface area contributed by atoms with Crippen molar-refractivity contribution < 1.29 is 9.53 Å². The number of benzene rings is 2. The van der Waals surface area contributed by atoms with Crippen molar-refractivity contribution in [3.63, 3.8) is 0 Å². The van der Waals surface area contributed by atoms with Gasteiger partial charge in [-0.25, -0.2) is 4.79 Å². The highest BCUT2D eigenvalue weighted by atomic mass is 79.9. The SMILES string of the molecule is CC1=C(C(=O)OCc2ccccc2)C(c2ccccc2Br)c2cn[nH]c2N1. The molecule has 0 bridgehead atoms. The molecule has 0 saturated carbocycles. The molecule has 0 spiro atoms. The molecule has 0 saturated heterocycles. The van der Waals surface area contributed by atoms with Crippen LogP contribution in [0.2, 0.25) is 0 Å². The number of aromatic nitrogens is 2. The zero-order chi connectivity index (χ0) is 18.8. The minimum absolute atomic E-state index is 0.234. The van der Waals surface area contributed by atoms with E-state index in [1.165, 1.54) is 0 Å². The van der Waals surface area contributed by atoms with Crippen LogP contribution in [0.3, 0.4) is 0 Å². The molecule has 0 fully saturated rings. The Kier molecular flexibility index (Phi) is 4.81. The van der Waals surface area contributed by atoms with Crippen LogP contribution in [0, 0.1) is 0 Å². The van der Waals surface area contributed by atoms with Crippen molar-refractivity contribution in [3.8, 4) is 0 Å². The maximum atomic E-state index is 13.0. The number of carbonyl (C=O) groups excluding carboxylic acids is 1. The van der Waals surface area contributed by atoms with Gasteiger partial charge in [0.2, 0.25) is 0 Å². The minimum Gasteiger partial charge on any atom is -0.457 e. The Morgan fingerprint density at radius 2 is 1.85 bits per heavy atom. The predicted octanol–water partition coefficient (Wildman–Crippen LogP) is 4.75. The minimum atomic E-state index is -0.337. The Hall–Kier alpha value is -2.86. The molecular weight excluding hydrogens is 406 g/mol. The second-order valence-corrected chi connectivity index (χ2v) is 7.23. The summed E-state index contributed by atoms with van der Waals surface area (Å²) < 4.78 is 6.57. The number of halogens is 1. The van der Waals surface area contributed by atoms with Crippen molar-refractivity contribution in [3.05, 3.63) is 93.2 Å². The molecule has 2 N–H and O–H groups in total. The lowest BCUT2D eigenvalue weighted by molar-refractivity contribution is -0.140. The Bertz CT molecular complexity index is 1010. The highest BCUT2D eigenvalue weighted by Gasteiger charge is 2.35. The van der Waals surface area contributed by atoms with E-state index in [0.29, 0.717) is 5.57 Å². The third-order valence-electron chi connectivity index (χ3n) is 4.63. The number of ether oxygens (including phenoxy) is 1. The van der Waals surface area contributed by atoms with Gasteiger partial charge in [-0.15, -0.1) is 0 Å². The van der Waals surface area contributed by atoms with Gasteiger partial charge in [0.25, 0.3) is 0 Å². The van der Waals surface area contributed by atoms with E-state index in [4.69, 9.17) is 4.74 Å². The number of esters is 1. The van der Waals surface area contributed by atoms with Crippen molar-refractivity contribution in [2.45, 2.75) is 19.4 Å². The molecular formula is C21H18BrN3O2. The number of hydrogen-bond donors (Lipinski definition) is 2. The second kappa shape index (κ2) is 7.40. The van der Waals surface area contributed by atoms with E-state index in [0.717, 1.165) is 32.7 Å². The zero-order valence-corrected chi connectivity index (χ0v) is 16.3. The molecule has 0 radical (unpaired) electrons. The van der Waals surface area contributed by atoms with Gasteiger partial charge in [-0.1, -0.05) is 64.5 Å². The van der Waals surface area contributed by atoms with Crippen LogP contribution in [-0.4, -0.2) is 16.2 Å². The number of carbonyl (C=O) groups is 1. The quantitative estimate of drug-likeness (QED) is 0.594. The normalized spacial score (nSPS) is 15.9. The van der Waals surface area contributed by atoms with Crippen LogP contribution in [0.25, 0.3) is 0 Å². The summed E-state index contributed by atoms with van der Waals surface area (Å²) in [5.41, 5.74) is 4.21. The molecule has 2 heterocycles. The van der Waals surface area contributed by atoms with Gasteiger partial charge >= 0.3 is 5.97 Å². The molecule has 5 nitrogen and oxygen atoms in total. The van der Waals surface area contributed by atoms with Crippen LogP contribution in [-0.2, 0) is 16.1 Å². The molecule has 136 valence electrons. The standard InChI is InChI=1S/C21H18BrN3O2/c1-13-18(21(26)27-12-14-7-3-2-4-8-14)19(15-9-5-6-10-17(15)22)16-11-23-25-20(16)24-13/h2-11,19H,12H2,1H3,(H2,23,24,25). The van der Waals surface area contributed by atoms with Gasteiger partial charge in [0.15, 0.2) is 0 Å². The molecule has 6 heteroatoms. The van der Waals surface area contributed by atoms with Crippen molar-refractivity contribution in [1.82, 2.24) is 10.2 Å². The lowest BCUT2D eigenvalue weighted by Gasteiger charge is -2.28. The number of nitrogens with one attached hydrogen (secondary N) is 2. The number of H-pyrrole nitrogens is 1. The number of fused-ring (bicyclic) bond motifs is 1. The Morgan fingerprint density at radius 3 is 2.63 bits per heavy atom. The fourth-order valence-electron chi connectivity index (χ4n) is 3.35. The number of anilines is 1. The van der Waals surface area contributed by atoms with E-state index in [1.54, 1.807) is 6.20 Å². The van der Waals surface area contributed by atoms with Crippen LogP contribution >= 0.6 is 15.9 Å². The maximum Gasteiger partial charge on any atom is 0.337 e. The monoisotopic (exact) mass is 423 g/mol. The zero-order valence-electron chi connectivity index (χ0n) is 14.7. The molecule has 1 atom stereocenters. The molecule has 1 unspecified atom stereocenters. The van der Waals surface area contributed by atoms with E-state index >= 15 is 0 Å². The summed E-state index contributed by atoms with van der Waals surface area (Å²) in [7, 11) is 0. The van der Waals surface area contributed by atoms with E-state index in [-0.39, 0.29) is 18.5 Å². The Morgan fingerprint density at radius 1 is 1.11 bits per heavy atom. The fraction of sp³-hybridized carbons (Fsp3) is 0.143. The van der Waals surface area contributed by atoms with Gasteiger partial charge in [-0.3, -0.25) is 5.10 Å². The van der Waals surface area contributed by atoms with Gasteiger partial charge in [-0.2, -0.15) is 5.10 Å². The molecule has 1 aliphatic heterocycles. The van der Waals surface area contributed by atoms with E-state index in [2.05, 4.69) is 31.4 Å². The number of nitrogens with zero attached hydrogens (tertiary/aromatic N) is 1. The average Bonchev–Trinajstić information content (AvgIpc) is 3.14. The summed E-state index contributed by atoms with van der Waals surface area (Å²) in [6.45, 7) is 2.12. The van der Waals surface area contributed by atoms with Crippen molar-refractivity contribution in [1.29, 1.82) is 0 Å². The number of rotatable bonds is 4. The first kappa shape index (κ1) is 17.5. The smallest absolute Gasteiger partial charge is 0.337 e. The van der Waals surface area contributed by atoms with Crippen LogP contribution in [0.15, 0.2) is 76.5 Å². The first-order chi connectivity index (χ1) is 13.1. The van der Waals surface area contributed by atoms with Gasteiger partial charge in [0.1, 0.15) is 12.4 Å². The molecule has 0 aliphatic carbocycles. The average molecular weight is 424 g/mol. The number of aromatic amines is 1.